The van der Waals surface area contributed by atoms with Crippen LogP contribution >= 0.6 is 0 Å². The Morgan fingerprint density at radius 2 is 2.08 bits per heavy atom. The van der Waals surface area contributed by atoms with Crippen molar-refractivity contribution in [1.29, 1.82) is 0 Å². The van der Waals surface area contributed by atoms with Crippen molar-refractivity contribution in [2.45, 2.75) is 25.4 Å². The first-order chi connectivity index (χ1) is 12.5. The van der Waals surface area contributed by atoms with Crippen molar-refractivity contribution in [2.75, 3.05) is 21.0 Å². The van der Waals surface area contributed by atoms with Crippen molar-refractivity contribution in [3.8, 4) is 11.5 Å². The molecule has 0 radical (unpaired) electrons. The van der Waals surface area contributed by atoms with Crippen molar-refractivity contribution in [3.05, 3.63) is 59.9 Å². The molecule has 1 aliphatic carbocycles. The minimum Gasteiger partial charge on any atom is -0.498 e. The molecule has 1 aromatic rings. The van der Waals surface area contributed by atoms with Gasteiger partial charge in [0, 0.05) is 24.7 Å². The molecule has 0 spiro atoms. The Balaban J connectivity index is 1.92. The fourth-order valence-electron chi connectivity index (χ4n) is 3.58. The zero-order chi connectivity index (χ0) is 18.7. The molecule has 0 fully saturated rings. The van der Waals surface area contributed by atoms with Gasteiger partial charge in [0.15, 0.2) is 17.3 Å². The third-order valence-corrected chi connectivity index (χ3v) is 4.99. The molecule has 26 heavy (non-hydrogen) atoms. The van der Waals surface area contributed by atoms with E-state index >= 15 is 0 Å². The lowest BCUT2D eigenvalue weighted by Gasteiger charge is -2.39. The first-order valence-electron chi connectivity index (χ1n) is 8.61. The molecule has 0 bridgehead atoms. The summed E-state index contributed by atoms with van der Waals surface area (Å²) in [5, 5.41) is 0. The van der Waals surface area contributed by atoms with Crippen LogP contribution in [0, 0.1) is 5.92 Å². The molecule has 1 heterocycles. The Bertz CT molecular complexity index is 777. The summed E-state index contributed by atoms with van der Waals surface area (Å²) in [6, 6.07) is 5.92. The third-order valence-electron chi connectivity index (χ3n) is 4.99. The highest BCUT2D eigenvalue weighted by atomic mass is 16.7. The summed E-state index contributed by atoms with van der Waals surface area (Å²) in [5.41, 5.74) is 0.960. The second kappa shape index (κ2) is 7.38. The number of carbonyl (C=O) groups excluding carboxylic acids is 1. The van der Waals surface area contributed by atoms with E-state index in [1.807, 2.05) is 24.3 Å². The smallest absolute Gasteiger partial charge is 0.231 e. The number of hydrogen-bond acceptors (Lipinski definition) is 5. The Morgan fingerprint density at radius 3 is 2.77 bits per heavy atom. The van der Waals surface area contributed by atoms with Crippen LogP contribution in [0.25, 0.3) is 0 Å². The zero-order valence-electron chi connectivity index (χ0n) is 15.4. The molecule has 0 amide bonds. The third kappa shape index (κ3) is 3.15. The van der Waals surface area contributed by atoms with E-state index in [2.05, 4.69) is 13.5 Å². The van der Waals surface area contributed by atoms with Gasteiger partial charge >= 0.3 is 0 Å². The van der Waals surface area contributed by atoms with E-state index in [1.54, 1.807) is 20.3 Å². The molecule has 1 aromatic carbocycles. The number of rotatable bonds is 7. The topological polar surface area (TPSA) is 54.0 Å². The number of carbonyl (C=O) groups is 1. The lowest BCUT2D eigenvalue weighted by Crippen LogP contribution is -2.43. The summed E-state index contributed by atoms with van der Waals surface area (Å²) in [6.45, 7) is 6.07. The second-order valence-corrected chi connectivity index (χ2v) is 6.53. The van der Waals surface area contributed by atoms with E-state index in [-0.39, 0.29) is 18.5 Å². The summed E-state index contributed by atoms with van der Waals surface area (Å²) in [6.07, 6.45) is 6.34. The van der Waals surface area contributed by atoms with Crippen LogP contribution in [0.15, 0.2) is 54.3 Å². The van der Waals surface area contributed by atoms with Gasteiger partial charge in [-0.05, 0) is 36.6 Å². The van der Waals surface area contributed by atoms with Crippen molar-refractivity contribution in [1.82, 2.24) is 0 Å². The molecule has 5 nitrogen and oxygen atoms in total. The Kier molecular flexibility index (Phi) is 5.18. The number of benzene rings is 1. The van der Waals surface area contributed by atoms with Gasteiger partial charge in [0.25, 0.3) is 0 Å². The number of ether oxygens (including phenoxy) is 4. The molecular weight excluding hydrogens is 332 g/mol. The molecule has 2 aliphatic rings. The average Bonchev–Trinajstić information content (AvgIpc) is 3.11. The van der Waals surface area contributed by atoms with Crippen LogP contribution in [0.4, 0.5) is 0 Å². The molecule has 5 heteroatoms. The SMILES string of the molecule is C=CCC1=C[C@@](OC)(C(C)Cc2ccc3c(c2)OCO3)C(OC)=CC1=O. The summed E-state index contributed by atoms with van der Waals surface area (Å²) >= 11 is 0. The molecule has 0 saturated carbocycles. The van der Waals surface area contributed by atoms with Gasteiger partial charge in [-0.3, -0.25) is 4.79 Å². The maximum absolute atomic E-state index is 12.3. The van der Waals surface area contributed by atoms with Gasteiger partial charge in [-0.1, -0.05) is 19.1 Å². The van der Waals surface area contributed by atoms with E-state index in [0.717, 1.165) is 23.5 Å². The summed E-state index contributed by atoms with van der Waals surface area (Å²) in [4.78, 5) is 12.3. The first-order valence-corrected chi connectivity index (χ1v) is 8.61. The van der Waals surface area contributed by atoms with Gasteiger partial charge in [0.1, 0.15) is 11.4 Å². The number of ketones is 1. The summed E-state index contributed by atoms with van der Waals surface area (Å²) in [7, 11) is 3.20. The van der Waals surface area contributed by atoms with Crippen LogP contribution in [0.1, 0.15) is 18.9 Å². The van der Waals surface area contributed by atoms with Crippen molar-refractivity contribution in [3.63, 3.8) is 0 Å². The Morgan fingerprint density at radius 1 is 1.31 bits per heavy atom. The standard InChI is InChI=1S/C21H24O5/c1-5-6-16-12-21(24-4,20(23-3)11-17(16)22)14(2)9-15-7-8-18-19(10-15)26-13-25-18/h5,7-8,10-12,14H,1,6,9,13H2,2-4H3/t14?,21-/m1/s1. The lowest BCUT2D eigenvalue weighted by molar-refractivity contribution is -0.112. The molecule has 138 valence electrons. The van der Waals surface area contributed by atoms with Crippen LogP contribution in [0.3, 0.4) is 0 Å². The van der Waals surface area contributed by atoms with E-state index in [0.29, 0.717) is 17.8 Å². The normalized spacial score (nSPS) is 22.5. The molecule has 1 aliphatic heterocycles. The second-order valence-electron chi connectivity index (χ2n) is 6.53. The van der Waals surface area contributed by atoms with Crippen LogP contribution in [0.2, 0.25) is 0 Å². The Hall–Kier alpha value is -2.53. The van der Waals surface area contributed by atoms with Gasteiger partial charge in [-0.25, -0.2) is 0 Å². The van der Waals surface area contributed by atoms with Crippen molar-refractivity contribution < 1.29 is 23.7 Å². The quantitative estimate of drug-likeness (QED) is 0.699. The summed E-state index contributed by atoms with van der Waals surface area (Å²) in [5.74, 6) is 1.99. The van der Waals surface area contributed by atoms with Gasteiger partial charge in [0.2, 0.25) is 6.79 Å². The number of allylic oxidation sites excluding steroid dienone is 3. The minimum absolute atomic E-state index is 0.0204. The number of methoxy groups -OCH3 is 2. The highest BCUT2D eigenvalue weighted by Gasteiger charge is 2.43. The molecule has 2 atom stereocenters. The monoisotopic (exact) mass is 356 g/mol. The van der Waals surface area contributed by atoms with E-state index in [4.69, 9.17) is 18.9 Å². The molecule has 0 aromatic heterocycles. The molecule has 3 rings (SSSR count). The minimum atomic E-state index is -0.808. The molecular formula is C21H24O5. The molecule has 0 N–H and O–H groups in total. The van der Waals surface area contributed by atoms with Crippen molar-refractivity contribution in [2.24, 2.45) is 5.92 Å². The number of fused-ring (bicyclic) bond motifs is 1. The van der Waals surface area contributed by atoms with Gasteiger partial charge in [0.05, 0.1) is 7.11 Å². The van der Waals surface area contributed by atoms with Crippen LogP contribution in [0.5, 0.6) is 11.5 Å². The maximum atomic E-state index is 12.3. The predicted octanol–water partition coefficient (Wildman–Crippen LogP) is 3.59. The lowest BCUT2D eigenvalue weighted by atomic mass is 9.77. The van der Waals surface area contributed by atoms with Crippen molar-refractivity contribution >= 4 is 5.78 Å². The van der Waals surface area contributed by atoms with Gasteiger partial charge in [-0.15, -0.1) is 6.58 Å². The fraction of sp³-hybridized carbons (Fsp3) is 0.381. The molecule has 1 unspecified atom stereocenters. The highest BCUT2D eigenvalue weighted by Crippen LogP contribution is 2.40. The predicted molar refractivity (Wildman–Crippen MR) is 98.2 cm³/mol. The highest BCUT2D eigenvalue weighted by molar-refractivity contribution is 6.06. The number of hydrogen-bond donors (Lipinski definition) is 0. The first kappa shape index (κ1) is 18.3. The molecule has 0 saturated heterocycles. The van der Waals surface area contributed by atoms with Gasteiger partial charge < -0.3 is 18.9 Å². The van der Waals surface area contributed by atoms with E-state index < -0.39 is 5.60 Å². The summed E-state index contributed by atoms with van der Waals surface area (Å²) < 4.78 is 22.3. The van der Waals surface area contributed by atoms with Crippen LogP contribution in [-0.4, -0.2) is 32.4 Å². The van der Waals surface area contributed by atoms with Crippen LogP contribution in [-0.2, 0) is 20.7 Å². The van der Waals surface area contributed by atoms with E-state index in [1.165, 1.54) is 6.08 Å². The largest absolute Gasteiger partial charge is 0.498 e. The zero-order valence-corrected chi connectivity index (χ0v) is 15.4. The van der Waals surface area contributed by atoms with Gasteiger partial charge in [-0.2, -0.15) is 0 Å². The Labute approximate surface area is 153 Å². The van der Waals surface area contributed by atoms with Crippen LogP contribution < -0.4 is 9.47 Å². The maximum Gasteiger partial charge on any atom is 0.231 e. The fourth-order valence-corrected chi connectivity index (χ4v) is 3.58. The average molecular weight is 356 g/mol. The van der Waals surface area contributed by atoms with E-state index in [9.17, 15) is 4.79 Å².